The largest absolute Gasteiger partial charge is 0.351 e. The SMILES string of the molecule is CS(=O)(=O)Nc1ccc(N2C(=S)N[C@H](c3ccccn3)[C@H]2c2cccn2-c2ccc(Cl)cn2)cc1. The van der Waals surface area contributed by atoms with Crippen molar-refractivity contribution in [3.63, 3.8) is 0 Å². The second kappa shape index (κ2) is 9.29. The normalized spacial score (nSPS) is 17.9. The molecule has 0 saturated carbocycles. The van der Waals surface area contributed by atoms with Crippen molar-refractivity contribution in [3.8, 4) is 5.82 Å². The van der Waals surface area contributed by atoms with E-state index in [1.165, 1.54) is 0 Å². The summed E-state index contributed by atoms with van der Waals surface area (Å²) in [6.07, 6.45) is 6.43. The number of pyridine rings is 2. The minimum atomic E-state index is -3.38. The zero-order valence-corrected chi connectivity index (χ0v) is 20.9. The average molecular weight is 525 g/mol. The summed E-state index contributed by atoms with van der Waals surface area (Å²) in [5.41, 5.74) is 3.07. The van der Waals surface area contributed by atoms with Crippen LogP contribution >= 0.6 is 23.8 Å². The smallest absolute Gasteiger partial charge is 0.229 e. The van der Waals surface area contributed by atoms with Crippen LogP contribution in [0.2, 0.25) is 5.02 Å². The number of benzene rings is 1. The van der Waals surface area contributed by atoms with Crippen molar-refractivity contribution < 1.29 is 8.42 Å². The molecule has 0 aliphatic carbocycles. The van der Waals surface area contributed by atoms with Crippen molar-refractivity contribution in [2.24, 2.45) is 0 Å². The highest BCUT2D eigenvalue weighted by Crippen LogP contribution is 2.42. The molecule has 4 aromatic rings. The summed E-state index contributed by atoms with van der Waals surface area (Å²) in [5.74, 6) is 0.722. The lowest BCUT2D eigenvalue weighted by molar-refractivity contribution is 0.548. The summed E-state index contributed by atoms with van der Waals surface area (Å²) in [4.78, 5) is 11.1. The van der Waals surface area contributed by atoms with Crippen LogP contribution in [0.15, 0.2) is 85.3 Å². The van der Waals surface area contributed by atoms with Gasteiger partial charge in [-0.05, 0) is 72.9 Å². The number of rotatable bonds is 6. The fourth-order valence-electron chi connectivity index (χ4n) is 4.19. The predicted octanol–water partition coefficient (Wildman–Crippen LogP) is 4.47. The second-order valence-corrected chi connectivity index (χ2v) is 10.6. The van der Waals surface area contributed by atoms with Crippen LogP contribution in [-0.2, 0) is 10.0 Å². The number of thiocarbonyl (C=S) groups is 1. The Morgan fingerprint density at radius 3 is 2.49 bits per heavy atom. The number of aromatic nitrogens is 3. The number of anilines is 2. The number of sulfonamides is 1. The van der Waals surface area contributed by atoms with E-state index in [4.69, 9.17) is 23.8 Å². The monoisotopic (exact) mass is 524 g/mol. The van der Waals surface area contributed by atoms with Crippen LogP contribution < -0.4 is 14.9 Å². The first-order chi connectivity index (χ1) is 16.8. The maximum Gasteiger partial charge on any atom is 0.229 e. The first-order valence-corrected chi connectivity index (χ1v) is 13.4. The average Bonchev–Trinajstić information content (AvgIpc) is 3.44. The molecule has 1 aliphatic rings. The Morgan fingerprint density at radius 1 is 1.03 bits per heavy atom. The highest BCUT2D eigenvalue weighted by molar-refractivity contribution is 7.92. The summed E-state index contributed by atoms with van der Waals surface area (Å²) in [7, 11) is -3.38. The molecule has 4 heterocycles. The third-order valence-corrected chi connectivity index (χ3v) is 6.73. The van der Waals surface area contributed by atoms with Crippen LogP contribution in [0.4, 0.5) is 11.4 Å². The Labute approximate surface area is 213 Å². The lowest BCUT2D eigenvalue weighted by Crippen LogP contribution is -2.30. The van der Waals surface area contributed by atoms with Crippen molar-refractivity contribution in [1.82, 2.24) is 19.9 Å². The van der Waals surface area contributed by atoms with Gasteiger partial charge in [0.2, 0.25) is 10.0 Å². The number of nitrogens with one attached hydrogen (secondary N) is 2. The maximum atomic E-state index is 11.6. The van der Waals surface area contributed by atoms with Crippen molar-refractivity contribution in [1.29, 1.82) is 0 Å². The Bertz CT molecular complexity index is 1460. The molecule has 0 bridgehead atoms. The zero-order chi connectivity index (χ0) is 24.6. The molecular formula is C24H21ClN6O2S2. The minimum Gasteiger partial charge on any atom is -0.351 e. The van der Waals surface area contributed by atoms with Crippen molar-refractivity contribution in [2.75, 3.05) is 15.9 Å². The van der Waals surface area contributed by atoms with E-state index in [1.807, 2.05) is 64.2 Å². The van der Waals surface area contributed by atoms with Gasteiger partial charge in [-0.3, -0.25) is 9.71 Å². The Hall–Kier alpha value is -3.47. The molecule has 5 rings (SSSR count). The van der Waals surface area contributed by atoms with E-state index in [-0.39, 0.29) is 12.1 Å². The first-order valence-electron chi connectivity index (χ1n) is 10.7. The molecule has 11 heteroatoms. The van der Waals surface area contributed by atoms with Gasteiger partial charge in [0, 0.05) is 35.7 Å². The fraction of sp³-hybridized carbons (Fsp3) is 0.125. The quantitative estimate of drug-likeness (QED) is 0.359. The van der Waals surface area contributed by atoms with Crippen LogP contribution in [0, 0.1) is 0 Å². The van der Waals surface area contributed by atoms with E-state index in [1.54, 1.807) is 30.6 Å². The summed E-state index contributed by atoms with van der Waals surface area (Å²) >= 11 is 11.8. The summed E-state index contributed by atoms with van der Waals surface area (Å²) in [5, 5.41) is 4.52. The van der Waals surface area contributed by atoms with E-state index >= 15 is 0 Å². The van der Waals surface area contributed by atoms with Crippen molar-refractivity contribution in [2.45, 2.75) is 12.1 Å². The third kappa shape index (κ3) is 4.86. The molecular weight excluding hydrogens is 504 g/mol. The lowest BCUT2D eigenvalue weighted by atomic mass is 10.0. The van der Waals surface area contributed by atoms with Gasteiger partial charge in [0.05, 0.1) is 23.0 Å². The van der Waals surface area contributed by atoms with Gasteiger partial charge in [-0.2, -0.15) is 0 Å². The van der Waals surface area contributed by atoms with Crippen molar-refractivity contribution in [3.05, 3.63) is 102 Å². The molecule has 1 aliphatic heterocycles. The summed E-state index contributed by atoms with van der Waals surface area (Å²) < 4.78 is 27.7. The van der Waals surface area contributed by atoms with E-state index in [0.29, 0.717) is 15.8 Å². The first kappa shape index (κ1) is 23.3. The van der Waals surface area contributed by atoms with Crippen LogP contribution in [0.5, 0.6) is 0 Å². The Morgan fingerprint density at radius 2 is 1.83 bits per heavy atom. The number of hydrogen-bond acceptors (Lipinski definition) is 5. The summed E-state index contributed by atoms with van der Waals surface area (Å²) in [6, 6.07) is 20.0. The van der Waals surface area contributed by atoms with Crippen LogP contribution in [0.25, 0.3) is 5.82 Å². The predicted molar refractivity (Wildman–Crippen MR) is 141 cm³/mol. The van der Waals surface area contributed by atoms with Crippen LogP contribution in [0.1, 0.15) is 23.5 Å². The maximum absolute atomic E-state index is 11.6. The van der Waals surface area contributed by atoms with E-state index < -0.39 is 10.0 Å². The summed E-state index contributed by atoms with van der Waals surface area (Å²) in [6.45, 7) is 0. The molecule has 0 unspecified atom stereocenters. The van der Waals surface area contributed by atoms with E-state index in [9.17, 15) is 8.42 Å². The van der Waals surface area contributed by atoms with Gasteiger partial charge in [-0.1, -0.05) is 17.7 Å². The molecule has 0 spiro atoms. The second-order valence-electron chi connectivity index (χ2n) is 8.06. The fourth-order valence-corrected chi connectivity index (χ4v) is 5.21. The van der Waals surface area contributed by atoms with Gasteiger partial charge in [0.25, 0.3) is 0 Å². The molecule has 2 atom stereocenters. The van der Waals surface area contributed by atoms with Gasteiger partial charge in [-0.15, -0.1) is 0 Å². The Kier molecular flexibility index (Phi) is 6.18. The van der Waals surface area contributed by atoms with Crippen molar-refractivity contribution >= 4 is 50.3 Å². The molecule has 178 valence electrons. The molecule has 35 heavy (non-hydrogen) atoms. The molecule has 8 nitrogen and oxygen atoms in total. The van der Waals surface area contributed by atoms with Crippen LogP contribution in [-0.4, -0.2) is 34.3 Å². The standard InChI is InChI=1S/C24H21ClN6O2S2/c1-35(32,33)29-17-8-10-18(11-9-17)31-23(22(28-24(31)34)19-5-2-3-13-26-19)20-6-4-14-30(20)21-12-7-16(25)15-27-21/h2-15,22-23,29H,1H3,(H,28,34)/t22-,23-/m1/s1. The topological polar surface area (TPSA) is 92.2 Å². The van der Waals surface area contributed by atoms with Gasteiger partial charge in [0.1, 0.15) is 11.9 Å². The van der Waals surface area contributed by atoms with E-state index in [2.05, 4.69) is 20.0 Å². The molecule has 1 saturated heterocycles. The van der Waals surface area contributed by atoms with Gasteiger partial charge in [0.15, 0.2) is 5.11 Å². The van der Waals surface area contributed by atoms with Crippen LogP contribution in [0.3, 0.4) is 0 Å². The molecule has 1 fully saturated rings. The number of nitrogens with zero attached hydrogens (tertiary/aromatic N) is 4. The molecule has 2 N–H and O–H groups in total. The van der Waals surface area contributed by atoms with Gasteiger partial charge in [-0.25, -0.2) is 13.4 Å². The van der Waals surface area contributed by atoms with E-state index in [0.717, 1.165) is 29.1 Å². The zero-order valence-electron chi connectivity index (χ0n) is 18.5. The molecule has 1 aromatic carbocycles. The molecule has 0 amide bonds. The Balaban J connectivity index is 1.60. The molecule has 3 aromatic heterocycles. The minimum absolute atomic E-state index is 0.238. The highest BCUT2D eigenvalue weighted by atomic mass is 35.5. The highest BCUT2D eigenvalue weighted by Gasteiger charge is 2.42. The number of halogens is 1. The third-order valence-electron chi connectivity index (χ3n) is 5.59. The van der Waals surface area contributed by atoms with Gasteiger partial charge < -0.3 is 14.8 Å². The lowest BCUT2D eigenvalue weighted by Gasteiger charge is -2.29. The number of hydrogen-bond donors (Lipinski definition) is 2. The van der Waals surface area contributed by atoms with Gasteiger partial charge >= 0.3 is 0 Å². The molecule has 0 radical (unpaired) electrons.